The number of benzene rings is 3. The Kier molecular flexibility index (Phi) is 7.17. The number of nitrogens with two attached hydrogens (primary N) is 1. The summed E-state index contributed by atoms with van der Waals surface area (Å²) in [6, 6.07) is 12.1. The number of fused-ring (bicyclic) bond motifs is 1. The zero-order chi connectivity index (χ0) is 24.6. The highest BCUT2D eigenvalue weighted by Crippen LogP contribution is 2.41. The molecule has 1 aliphatic rings. The van der Waals surface area contributed by atoms with Crippen LogP contribution in [0.25, 0.3) is 21.9 Å². The number of phenols is 1. The number of allylic oxidation sites excluding steroid dienone is 1. The van der Waals surface area contributed by atoms with E-state index in [0.717, 1.165) is 22.0 Å². The SMILES string of the molecule is C=C(CBr)C(=C)N1CCN(C(=S)c2cc(Cl)c(-c3cc(O)cc4ccccc34)c(F)c2N)CC1. The zero-order valence-corrected chi connectivity index (χ0v) is 21.6. The van der Waals surface area contributed by atoms with Crippen LogP contribution in [0.3, 0.4) is 0 Å². The number of hydrogen-bond donors (Lipinski definition) is 2. The van der Waals surface area contributed by atoms with Crippen molar-refractivity contribution in [2.24, 2.45) is 0 Å². The fourth-order valence-electron chi connectivity index (χ4n) is 4.21. The second-order valence-electron chi connectivity index (χ2n) is 8.19. The van der Waals surface area contributed by atoms with E-state index in [9.17, 15) is 5.11 Å². The predicted molar refractivity (Wildman–Crippen MR) is 147 cm³/mol. The van der Waals surface area contributed by atoms with Crippen LogP contribution in [0.4, 0.5) is 10.1 Å². The van der Waals surface area contributed by atoms with Crippen molar-refractivity contribution in [1.82, 2.24) is 9.80 Å². The molecule has 3 aromatic rings. The Bertz CT molecular complexity index is 1320. The third kappa shape index (κ3) is 4.52. The standard InChI is InChI=1S/C26H24BrClFN3OS/c1-15(14-27)16(2)31-7-9-32(10-8-31)26(34)21-13-22(28)23(24(29)25(21)30)20-12-18(33)11-17-5-3-4-6-19(17)20/h3-6,11-13,33H,1-2,7-10,14,30H2. The monoisotopic (exact) mass is 559 g/mol. The fourth-order valence-corrected chi connectivity index (χ4v) is 5.18. The van der Waals surface area contributed by atoms with Gasteiger partial charge in [-0.15, -0.1) is 0 Å². The number of aromatic hydroxyl groups is 1. The van der Waals surface area contributed by atoms with Gasteiger partial charge < -0.3 is 20.6 Å². The molecule has 0 aromatic heterocycles. The van der Waals surface area contributed by atoms with Gasteiger partial charge in [-0.3, -0.25) is 0 Å². The number of piperazine rings is 1. The second kappa shape index (κ2) is 9.94. The summed E-state index contributed by atoms with van der Waals surface area (Å²) in [5.41, 5.74) is 9.05. The van der Waals surface area contributed by atoms with Crippen molar-refractivity contribution in [3.63, 3.8) is 0 Å². The molecule has 176 valence electrons. The lowest BCUT2D eigenvalue weighted by Crippen LogP contribution is -2.48. The van der Waals surface area contributed by atoms with Gasteiger partial charge in [0.1, 0.15) is 10.7 Å². The first-order valence-electron chi connectivity index (χ1n) is 10.7. The molecule has 0 aliphatic carbocycles. The first kappa shape index (κ1) is 24.5. The van der Waals surface area contributed by atoms with Crippen molar-refractivity contribution in [2.45, 2.75) is 0 Å². The van der Waals surface area contributed by atoms with Gasteiger partial charge in [0.2, 0.25) is 0 Å². The average molecular weight is 561 g/mol. The van der Waals surface area contributed by atoms with Gasteiger partial charge in [-0.05, 0) is 40.1 Å². The third-order valence-corrected chi connectivity index (χ3v) is 7.57. The van der Waals surface area contributed by atoms with Crippen LogP contribution >= 0.6 is 39.7 Å². The number of anilines is 1. The van der Waals surface area contributed by atoms with Crippen molar-refractivity contribution in [3.8, 4) is 16.9 Å². The van der Waals surface area contributed by atoms with E-state index in [2.05, 4.69) is 34.0 Å². The molecule has 0 radical (unpaired) electrons. The summed E-state index contributed by atoms with van der Waals surface area (Å²) < 4.78 is 15.7. The Morgan fingerprint density at radius 2 is 1.76 bits per heavy atom. The highest BCUT2D eigenvalue weighted by Gasteiger charge is 2.26. The van der Waals surface area contributed by atoms with Gasteiger partial charge in [-0.1, -0.05) is 77.2 Å². The van der Waals surface area contributed by atoms with Gasteiger partial charge in [0.25, 0.3) is 0 Å². The highest BCUT2D eigenvalue weighted by atomic mass is 79.9. The third-order valence-electron chi connectivity index (χ3n) is 6.12. The number of phenolic OH excluding ortho intramolecular Hbond substituents is 1. The number of alkyl halides is 1. The van der Waals surface area contributed by atoms with Crippen molar-refractivity contribution in [3.05, 3.63) is 83.3 Å². The minimum Gasteiger partial charge on any atom is -0.508 e. The van der Waals surface area contributed by atoms with Gasteiger partial charge in [-0.2, -0.15) is 0 Å². The summed E-state index contributed by atoms with van der Waals surface area (Å²) in [7, 11) is 0. The molecule has 1 fully saturated rings. The van der Waals surface area contributed by atoms with Gasteiger partial charge in [-0.25, -0.2) is 4.39 Å². The van der Waals surface area contributed by atoms with E-state index < -0.39 is 5.82 Å². The highest BCUT2D eigenvalue weighted by molar-refractivity contribution is 9.09. The lowest BCUT2D eigenvalue weighted by Gasteiger charge is -2.38. The maximum atomic E-state index is 15.7. The van der Waals surface area contributed by atoms with Crippen LogP contribution in [0.15, 0.2) is 66.9 Å². The molecule has 0 saturated carbocycles. The van der Waals surface area contributed by atoms with Crippen molar-refractivity contribution < 1.29 is 9.50 Å². The normalized spacial score (nSPS) is 13.9. The van der Waals surface area contributed by atoms with Gasteiger partial charge in [0.05, 0.1) is 10.7 Å². The van der Waals surface area contributed by atoms with Crippen LogP contribution in [0.1, 0.15) is 5.56 Å². The Balaban J connectivity index is 1.65. The number of nitrogens with zero attached hydrogens (tertiary/aromatic N) is 2. The van der Waals surface area contributed by atoms with E-state index in [1.807, 2.05) is 29.2 Å². The maximum absolute atomic E-state index is 15.7. The predicted octanol–water partition coefficient (Wildman–Crippen LogP) is 6.35. The van der Waals surface area contributed by atoms with Gasteiger partial charge in [0, 0.05) is 48.3 Å². The topological polar surface area (TPSA) is 52.7 Å². The molecule has 0 atom stereocenters. The van der Waals surface area contributed by atoms with E-state index in [0.29, 0.717) is 47.6 Å². The number of thiocarbonyl (C=S) groups is 1. The van der Waals surface area contributed by atoms with Crippen LogP contribution in [0.2, 0.25) is 5.02 Å². The molecule has 1 aliphatic heterocycles. The summed E-state index contributed by atoms with van der Waals surface area (Å²) in [5.74, 6) is -0.634. The molecule has 8 heteroatoms. The summed E-state index contributed by atoms with van der Waals surface area (Å²) in [6.07, 6.45) is 0. The van der Waals surface area contributed by atoms with Crippen LogP contribution in [0, 0.1) is 5.82 Å². The Morgan fingerprint density at radius 1 is 1.12 bits per heavy atom. The Labute approximate surface area is 217 Å². The van der Waals surface area contributed by atoms with E-state index in [1.165, 1.54) is 6.07 Å². The fraction of sp³-hybridized carbons (Fsp3) is 0.192. The molecule has 1 heterocycles. The molecule has 3 N–H and O–H groups in total. The van der Waals surface area contributed by atoms with Crippen molar-refractivity contribution in [1.29, 1.82) is 0 Å². The summed E-state index contributed by atoms with van der Waals surface area (Å²) >= 11 is 15.7. The number of rotatable bonds is 5. The van der Waals surface area contributed by atoms with Crippen LogP contribution < -0.4 is 5.73 Å². The zero-order valence-electron chi connectivity index (χ0n) is 18.5. The molecule has 0 spiro atoms. The quantitative estimate of drug-likeness (QED) is 0.165. The molecule has 1 saturated heterocycles. The van der Waals surface area contributed by atoms with Crippen LogP contribution in [-0.2, 0) is 0 Å². The van der Waals surface area contributed by atoms with E-state index >= 15 is 4.39 Å². The molecular formula is C26H24BrClFN3OS. The van der Waals surface area contributed by atoms with E-state index in [-0.39, 0.29) is 22.0 Å². The molecule has 3 aromatic carbocycles. The molecule has 4 nitrogen and oxygen atoms in total. The summed E-state index contributed by atoms with van der Waals surface area (Å²) in [5, 5.41) is 12.6. The number of halogens is 3. The molecular weight excluding hydrogens is 537 g/mol. The molecule has 0 unspecified atom stereocenters. The Hall–Kier alpha value is -2.61. The van der Waals surface area contributed by atoms with Crippen molar-refractivity contribution >= 4 is 61.2 Å². The van der Waals surface area contributed by atoms with Crippen LogP contribution in [-0.4, -0.2) is 51.4 Å². The molecule has 34 heavy (non-hydrogen) atoms. The number of hydrogen-bond acceptors (Lipinski definition) is 4. The first-order chi connectivity index (χ1) is 16.2. The smallest absolute Gasteiger partial charge is 0.156 e. The lowest BCUT2D eigenvalue weighted by atomic mass is 9.95. The first-order valence-corrected chi connectivity index (χ1v) is 12.6. The van der Waals surface area contributed by atoms with E-state index in [4.69, 9.17) is 29.6 Å². The average Bonchev–Trinajstić information content (AvgIpc) is 2.84. The molecule has 0 amide bonds. The Morgan fingerprint density at radius 3 is 2.44 bits per heavy atom. The number of nitrogen functional groups attached to an aromatic ring is 1. The summed E-state index contributed by atoms with van der Waals surface area (Å²) in [6.45, 7) is 10.9. The molecule has 0 bridgehead atoms. The maximum Gasteiger partial charge on any atom is 0.156 e. The largest absolute Gasteiger partial charge is 0.508 e. The summed E-state index contributed by atoms with van der Waals surface area (Å²) in [4.78, 5) is 4.62. The van der Waals surface area contributed by atoms with E-state index in [1.54, 1.807) is 12.1 Å². The minimum atomic E-state index is -0.652. The van der Waals surface area contributed by atoms with Gasteiger partial charge in [0.15, 0.2) is 5.82 Å². The molecule has 4 rings (SSSR count). The van der Waals surface area contributed by atoms with Crippen molar-refractivity contribution in [2.75, 3.05) is 37.2 Å². The van der Waals surface area contributed by atoms with Crippen LogP contribution in [0.5, 0.6) is 5.75 Å². The minimum absolute atomic E-state index is 0.0179. The van der Waals surface area contributed by atoms with Gasteiger partial charge >= 0.3 is 0 Å². The second-order valence-corrected chi connectivity index (χ2v) is 9.54. The lowest BCUT2D eigenvalue weighted by molar-refractivity contribution is 0.228.